The second-order valence-corrected chi connectivity index (χ2v) is 7.27. The van der Waals surface area contributed by atoms with E-state index in [1.165, 1.54) is 21.4 Å². The lowest BCUT2D eigenvalue weighted by molar-refractivity contribution is 0.353. The molecule has 0 unspecified atom stereocenters. The third kappa shape index (κ3) is 2.82. The summed E-state index contributed by atoms with van der Waals surface area (Å²) >= 11 is 1.78. The lowest BCUT2D eigenvalue weighted by Crippen LogP contribution is -2.30. The third-order valence-electron chi connectivity index (χ3n) is 4.86. The smallest absolute Gasteiger partial charge is 0.186 e. The van der Waals surface area contributed by atoms with E-state index >= 15 is 0 Å². The molecule has 130 valence electrons. The molecule has 0 atom stereocenters. The molecule has 0 radical (unpaired) electrons. The van der Waals surface area contributed by atoms with Crippen molar-refractivity contribution in [2.24, 2.45) is 0 Å². The fourth-order valence-corrected chi connectivity index (χ4v) is 4.50. The molecule has 0 spiro atoms. The molecule has 0 saturated heterocycles. The number of methoxy groups -OCH3 is 2. The highest BCUT2D eigenvalue weighted by molar-refractivity contribution is 7.22. The zero-order chi connectivity index (χ0) is 17.4. The minimum atomic E-state index is 0.792. The lowest BCUT2D eigenvalue weighted by atomic mass is 9.99. The molecule has 2 heterocycles. The molecule has 0 saturated carbocycles. The Labute approximate surface area is 152 Å². The van der Waals surface area contributed by atoms with Crippen molar-refractivity contribution in [2.75, 3.05) is 25.7 Å². The summed E-state index contributed by atoms with van der Waals surface area (Å²) in [7, 11) is 3.37. The molecular formula is C20H22N2O2S. The lowest BCUT2D eigenvalue weighted by Gasteiger charge is -2.29. The van der Waals surface area contributed by atoms with E-state index in [9.17, 15) is 0 Å². The van der Waals surface area contributed by atoms with Crippen LogP contribution < -0.4 is 14.4 Å². The first-order valence-electron chi connectivity index (χ1n) is 8.60. The predicted molar refractivity (Wildman–Crippen MR) is 103 cm³/mol. The van der Waals surface area contributed by atoms with Gasteiger partial charge in [0.1, 0.15) is 0 Å². The van der Waals surface area contributed by atoms with E-state index in [2.05, 4.69) is 42.2 Å². The van der Waals surface area contributed by atoms with Gasteiger partial charge in [-0.15, -0.1) is 0 Å². The first-order valence-corrected chi connectivity index (χ1v) is 9.42. The number of hydrogen-bond acceptors (Lipinski definition) is 5. The van der Waals surface area contributed by atoms with Crippen LogP contribution in [0.15, 0.2) is 30.3 Å². The molecule has 2 aromatic carbocycles. The molecule has 0 N–H and O–H groups in total. The number of hydrogen-bond donors (Lipinski definition) is 0. The van der Waals surface area contributed by atoms with Crippen LogP contribution in [0.25, 0.3) is 10.2 Å². The highest BCUT2D eigenvalue weighted by Gasteiger charge is 2.22. The van der Waals surface area contributed by atoms with E-state index in [1.807, 2.05) is 0 Å². The molecule has 0 bridgehead atoms. The molecular weight excluding hydrogens is 332 g/mol. The second-order valence-electron chi connectivity index (χ2n) is 6.26. The van der Waals surface area contributed by atoms with Crippen molar-refractivity contribution in [1.29, 1.82) is 0 Å². The third-order valence-corrected chi connectivity index (χ3v) is 5.94. The average molecular weight is 354 g/mol. The molecule has 1 aliphatic heterocycles. The van der Waals surface area contributed by atoms with Gasteiger partial charge in [-0.2, -0.15) is 0 Å². The summed E-state index contributed by atoms with van der Waals surface area (Å²) in [6.07, 6.45) is 2.01. The number of rotatable bonds is 4. The van der Waals surface area contributed by atoms with Crippen LogP contribution in [0.1, 0.15) is 23.6 Å². The Morgan fingerprint density at radius 1 is 1.12 bits per heavy atom. The molecule has 0 fully saturated rings. The Balaban J connectivity index is 1.68. The maximum atomic E-state index is 5.47. The van der Waals surface area contributed by atoms with Gasteiger partial charge in [0.25, 0.3) is 0 Å². The van der Waals surface area contributed by atoms with Gasteiger partial charge in [-0.05, 0) is 47.7 Å². The van der Waals surface area contributed by atoms with Gasteiger partial charge in [-0.25, -0.2) is 4.98 Å². The topological polar surface area (TPSA) is 34.6 Å². The molecule has 5 heteroatoms. The molecule has 3 aromatic rings. The van der Waals surface area contributed by atoms with E-state index in [0.717, 1.165) is 48.1 Å². The Morgan fingerprint density at radius 2 is 1.88 bits per heavy atom. The van der Waals surface area contributed by atoms with Gasteiger partial charge in [-0.1, -0.05) is 30.4 Å². The van der Waals surface area contributed by atoms with Crippen molar-refractivity contribution in [2.45, 2.75) is 26.3 Å². The monoisotopic (exact) mass is 354 g/mol. The minimum Gasteiger partial charge on any atom is -0.493 e. The van der Waals surface area contributed by atoms with E-state index in [4.69, 9.17) is 14.5 Å². The number of fused-ring (bicyclic) bond motifs is 2. The fourth-order valence-electron chi connectivity index (χ4n) is 3.46. The first kappa shape index (κ1) is 16.2. The summed E-state index contributed by atoms with van der Waals surface area (Å²) in [5.41, 5.74) is 5.11. The van der Waals surface area contributed by atoms with Crippen LogP contribution in [0.4, 0.5) is 5.13 Å². The number of para-hydroxylation sites is 1. The standard InChI is InChI=1S/C20H22N2O2S/c1-4-13-6-5-7-18-19(13)21-20(25-18)22-9-8-14-10-16(23-2)17(24-3)11-15(14)12-22/h5-7,10-11H,4,8-9,12H2,1-3H3. The molecule has 0 aliphatic carbocycles. The van der Waals surface area contributed by atoms with Gasteiger partial charge in [-0.3, -0.25) is 0 Å². The van der Waals surface area contributed by atoms with Crippen LogP contribution in [-0.2, 0) is 19.4 Å². The molecule has 1 aliphatic rings. The number of aromatic nitrogens is 1. The predicted octanol–water partition coefficient (Wildman–Crippen LogP) is 4.44. The van der Waals surface area contributed by atoms with E-state index in [1.54, 1.807) is 25.6 Å². The zero-order valence-electron chi connectivity index (χ0n) is 14.8. The molecule has 0 amide bonds. The Hall–Kier alpha value is -2.27. The number of nitrogens with zero attached hydrogens (tertiary/aromatic N) is 2. The van der Waals surface area contributed by atoms with Crippen molar-refractivity contribution < 1.29 is 9.47 Å². The quantitative estimate of drug-likeness (QED) is 0.694. The fraction of sp³-hybridized carbons (Fsp3) is 0.350. The molecule has 25 heavy (non-hydrogen) atoms. The van der Waals surface area contributed by atoms with Crippen molar-refractivity contribution in [3.8, 4) is 11.5 Å². The van der Waals surface area contributed by atoms with Crippen molar-refractivity contribution in [1.82, 2.24) is 4.98 Å². The Kier molecular flexibility index (Phi) is 4.25. The molecule has 1 aromatic heterocycles. The van der Waals surface area contributed by atoms with Gasteiger partial charge < -0.3 is 14.4 Å². The van der Waals surface area contributed by atoms with Crippen molar-refractivity contribution in [3.05, 3.63) is 47.0 Å². The molecule has 4 rings (SSSR count). The Morgan fingerprint density at radius 3 is 2.60 bits per heavy atom. The summed E-state index contributed by atoms with van der Waals surface area (Å²) in [6, 6.07) is 10.7. The van der Waals surface area contributed by atoms with Gasteiger partial charge in [0.2, 0.25) is 0 Å². The highest BCUT2D eigenvalue weighted by Crippen LogP contribution is 2.37. The van der Waals surface area contributed by atoms with Crippen molar-refractivity contribution in [3.63, 3.8) is 0 Å². The average Bonchev–Trinajstić information content (AvgIpc) is 3.10. The van der Waals surface area contributed by atoms with E-state index in [0.29, 0.717) is 0 Å². The SMILES string of the molecule is CCc1cccc2sc(N3CCc4cc(OC)c(OC)cc4C3)nc12. The van der Waals surface area contributed by atoms with Gasteiger partial charge >= 0.3 is 0 Å². The number of thiazole rings is 1. The largest absolute Gasteiger partial charge is 0.493 e. The van der Waals surface area contributed by atoms with Crippen molar-refractivity contribution >= 4 is 26.7 Å². The summed E-state index contributed by atoms with van der Waals surface area (Å²) in [5.74, 6) is 1.60. The van der Waals surface area contributed by atoms with Crippen LogP contribution in [-0.4, -0.2) is 25.7 Å². The summed E-state index contributed by atoms with van der Waals surface area (Å²) in [4.78, 5) is 7.32. The Bertz CT molecular complexity index is 919. The van der Waals surface area contributed by atoms with Gasteiger partial charge in [0, 0.05) is 13.1 Å². The van der Waals surface area contributed by atoms with E-state index in [-0.39, 0.29) is 0 Å². The maximum Gasteiger partial charge on any atom is 0.186 e. The number of ether oxygens (including phenoxy) is 2. The van der Waals surface area contributed by atoms with Crippen LogP contribution in [0, 0.1) is 0 Å². The van der Waals surface area contributed by atoms with Crippen LogP contribution in [0.5, 0.6) is 11.5 Å². The second kappa shape index (κ2) is 6.56. The van der Waals surface area contributed by atoms with Gasteiger partial charge in [0.05, 0.1) is 24.4 Å². The normalized spacial score (nSPS) is 13.8. The maximum absolute atomic E-state index is 5.47. The summed E-state index contributed by atoms with van der Waals surface area (Å²) in [5, 5.41) is 1.11. The van der Waals surface area contributed by atoms with Crippen LogP contribution in [0.2, 0.25) is 0 Å². The highest BCUT2D eigenvalue weighted by atomic mass is 32.1. The van der Waals surface area contributed by atoms with Crippen LogP contribution >= 0.6 is 11.3 Å². The minimum absolute atomic E-state index is 0.792. The van der Waals surface area contributed by atoms with Crippen LogP contribution in [0.3, 0.4) is 0 Å². The number of aryl methyl sites for hydroxylation is 1. The summed E-state index contributed by atoms with van der Waals surface area (Å²) < 4.78 is 12.2. The number of anilines is 1. The number of benzene rings is 2. The first-order chi connectivity index (χ1) is 12.2. The molecule has 4 nitrogen and oxygen atoms in total. The summed E-state index contributed by atoms with van der Waals surface area (Å²) in [6.45, 7) is 4.02. The van der Waals surface area contributed by atoms with Gasteiger partial charge in [0.15, 0.2) is 16.6 Å². The zero-order valence-corrected chi connectivity index (χ0v) is 15.7. The van der Waals surface area contributed by atoms with E-state index < -0.39 is 0 Å².